The number of hydrogen-bond acceptors (Lipinski definition) is 3. The Morgan fingerprint density at radius 2 is 0.818 bits per heavy atom. The summed E-state index contributed by atoms with van der Waals surface area (Å²) < 4.78 is 153. The minimum Gasteiger partial charge on any atom is -0.273 e. The van der Waals surface area contributed by atoms with Crippen LogP contribution in [0.1, 0.15) is 11.1 Å². The number of halogens is 11. The Labute approximate surface area is 240 Å². The van der Waals surface area contributed by atoms with Crippen molar-refractivity contribution < 1.29 is 48.3 Å². The average molecular weight is 625 g/mol. The molecule has 0 fully saturated rings. The van der Waals surface area contributed by atoms with Crippen LogP contribution >= 0.6 is 0 Å². The second-order valence-corrected chi connectivity index (χ2v) is 9.17. The first-order valence-electron chi connectivity index (χ1n) is 12.3. The van der Waals surface area contributed by atoms with Gasteiger partial charge in [-0.1, -0.05) is 36.4 Å². The molecule has 0 N–H and O–H groups in total. The molecule has 0 saturated carbocycles. The fourth-order valence-electron chi connectivity index (χ4n) is 4.26. The summed E-state index contributed by atoms with van der Waals surface area (Å²) in [6.45, 7) is 0. The first-order chi connectivity index (χ1) is 20.7. The third-order valence-corrected chi connectivity index (χ3v) is 6.31. The van der Waals surface area contributed by atoms with Gasteiger partial charge in [0.25, 0.3) is 0 Å². The second-order valence-electron chi connectivity index (χ2n) is 9.17. The molecule has 3 nitrogen and oxygen atoms in total. The molecule has 2 aromatic heterocycles. The number of alkyl halides is 6. The first-order valence-corrected chi connectivity index (χ1v) is 12.3. The van der Waals surface area contributed by atoms with Crippen LogP contribution in [-0.4, -0.2) is 9.97 Å². The van der Waals surface area contributed by atoms with Gasteiger partial charge in [-0.15, -0.1) is 0 Å². The van der Waals surface area contributed by atoms with Crippen molar-refractivity contribution >= 4 is 17.3 Å². The normalized spacial score (nSPS) is 12.0. The molecule has 0 aliphatic carbocycles. The minimum atomic E-state index is -4.73. The summed E-state index contributed by atoms with van der Waals surface area (Å²) in [4.78, 5) is 8.68. The highest BCUT2D eigenvalue weighted by molar-refractivity contribution is 5.76. The van der Waals surface area contributed by atoms with Gasteiger partial charge in [-0.2, -0.15) is 26.3 Å². The number of aromatic nitrogens is 2. The molecule has 0 atom stereocenters. The van der Waals surface area contributed by atoms with Crippen LogP contribution in [0.15, 0.2) is 84.9 Å². The molecule has 0 aliphatic heterocycles. The Balaban J connectivity index is 1.73. The van der Waals surface area contributed by atoms with Gasteiger partial charge in [-0.25, -0.2) is 31.9 Å². The van der Waals surface area contributed by atoms with Crippen molar-refractivity contribution in [2.45, 2.75) is 12.4 Å². The van der Waals surface area contributed by atoms with E-state index in [0.29, 0.717) is 4.90 Å². The zero-order valence-corrected chi connectivity index (χ0v) is 21.6. The average Bonchev–Trinajstić information content (AvgIpc) is 3.00. The molecule has 0 saturated heterocycles. The molecule has 5 rings (SSSR count). The third kappa shape index (κ3) is 5.79. The standard InChI is InChI=1S/C30H14F11N3/c31-23-24(32)26(34)28(27(35)25(23)33)44(21-11-3-9-19(42-21)15-5-1-7-17(13-15)29(36,37)38)22-12-4-10-20(43-22)16-6-2-8-18(14-16)30(39,40)41/h1-14H. The smallest absolute Gasteiger partial charge is 0.273 e. The van der Waals surface area contributed by atoms with Crippen LogP contribution < -0.4 is 4.90 Å². The van der Waals surface area contributed by atoms with Gasteiger partial charge in [0.2, 0.25) is 5.82 Å². The summed E-state index contributed by atoms with van der Waals surface area (Å²) in [7, 11) is 0. The van der Waals surface area contributed by atoms with Crippen molar-refractivity contribution in [1.29, 1.82) is 0 Å². The lowest BCUT2D eigenvalue weighted by molar-refractivity contribution is -0.138. The Bertz CT molecular complexity index is 1740. The molecule has 0 radical (unpaired) electrons. The highest BCUT2D eigenvalue weighted by Gasteiger charge is 2.34. The van der Waals surface area contributed by atoms with E-state index in [2.05, 4.69) is 9.97 Å². The predicted octanol–water partition coefficient (Wildman–Crippen LogP) is 10.0. The van der Waals surface area contributed by atoms with Gasteiger partial charge >= 0.3 is 12.4 Å². The summed E-state index contributed by atoms with van der Waals surface area (Å²) in [6, 6.07) is 14.7. The number of pyridine rings is 2. The highest BCUT2D eigenvalue weighted by Crippen LogP contribution is 2.41. The highest BCUT2D eigenvalue weighted by atomic mass is 19.4. The van der Waals surface area contributed by atoms with Crippen LogP contribution in [0.3, 0.4) is 0 Å². The fourth-order valence-corrected chi connectivity index (χ4v) is 4.26. The summed E-state index contributed by atoms with van der Waals surface area (Å²) >= 11 is 0. The van der Waals surface area contributed by atoms with Crippen molar-refractivity contribution in [1.82, 2.24) is 9.97 Å². The molecule has 226 valence electrons. The van der Waals surface area contributed by atoms with Crippen molar-refractivity contribution in [2.24, 2.45) is 0 Å². The lowest BCUT2D eigenvalue weighted by atomic mass is 10.1. The maximum atomic E-state index is 15.2. The van der Waals surface area contributed by atoms with E-state index in [9.17, 15) is 39.5 Å². The van der Waals surface area contributed by atoms with Crippen LogP contribution in [0.2, 0.25) is 0 Å². The van der Waals surface area contributed by atoms with E-state index in [-0.39, 0.29) is 22.5 Å². The lowest BCUT2D eigenvalue weighted by Crippen LogP contribution is -2.19. The van der Waals surface area contributed by atoms with Gasteiger partial charge in [-0.3, -0.25) is 4.90 Å². The van der Waals surface area contributed by atoms with Crippen LogP contribution in [0.25, 0.3) is 22.5 Å². The zero-order chi connectivity index (χ0) is 32.0. The Morgan fingerprint density at radius 1 is 0.455 bits per heavy atom. The van der Waals surface area contributed by atoms with Crippen molar-refractivity contribution in [3.8, 4) is 22.5 Å². The molecular formula is C30H14F11N3. The van der Waals surface area contributed by atoms with Crippen LogP contribution in [0.4, 0.5) is 65.6 Å². The van der Waals surface area contributed by atoms with Crippen molar-refractivity contribution in [3.63, 3.8) is 0 Å². The van der Waals surface area contributed by atoms with Crippen LogP contribution in [0, 0.1) is 29.1 Å². The molecule has 5 aromatic rings. The van der Waals surface area contributed by atoms with Crippen molar-refractivity contribution in [2.75, 3.05) is 4.90 Å². The molecule has 2 heterocycles. The van der Waals surface area contributed by atoms with Crippen LogP contribution in [0.5, 0.6) is 0 Å². The summed E-state index contributed by atoms with van der Waals surface area (Å²) in [6.07, 6.45) is -9.47. The molecule has 3 aromatic carbocycles. The van der Waals surface area contributed by atoms with E-state index in [1.54, 1.807) is 0 Å². The molecule has 0 aliphatic rings. The van der Waals surface area contributed by atoms with Gasteiger partial charge in [-0.05, 0) is 48.5 Å². The summed E-state index contributed by atoms with van der Waals surface area (Å²) in [5.41, 5.74) is -4.21. The number of rotatable bonds is 5. The Kier molecular flexibility index (Phi) is 7.78. The van der Waals surface area contributed by atoms with Crippen molar-refractivity contribution in [3.05, 3.63) is 125 Å². The van der Waals surface area contributed by atoms with E-state index in [1.165, 1.54) is 36.4 Å². The summed E-state index contributed by atoms with van der Waals surface area (Å²) in [5, 5.41) is 0. The lowest BCUT2D eigenvalue weighted by Gasteiger charge is -2.25. The predicted molar refractivity (Wildman–Crippen MR) is 137 cm³/mol. The topological polar surface area (TPSA) is 29.0 Å². The molecule has 44 heavy (non-hydrogen) atoms. The van der Waals surface area contributed by atoms with Gasteiger partial charge < -0.3 is 0 Å². The fraction of sp³-hybridized carbons (Fsp3) is 0.0667. The largest absolute Gasteiger partial charge is 0.416 e. The molecule has 0 amide bonds. The van der Waals surface area contributed by atoms with Gasteiger partial charge in [0, 0.05) is 11.1 Å². The molecule has 0 bridgehead atoms. The van der Waals surface area contributed by atoms with E-state index in [4.69, 9.17) is 0 Å². The molecule has 0 spiro atoms. The van der Waals surface area contributed by atoms with E-state index in [0.717, 1.165) is 48.5 Å². The monoisotopic (exact) mass is 625 g/mol. The molecule has 14 heteroatoms. The first kappa shape index (κ1) is 30.4. The minimum absolute atomic E-state index is 0.107. The van der Waals surface area contributed by atoms with E-state index < -0.39 is 69.9 Å². The van der Waals surface area contributed by atoms with Gasteiger partial charge in [0.1, 0.15) is 17.3 Å². The van der Waals surface area contributed by atoms with E-state index >= 15 is 8.78 Å². The van der Waals surface area contributed by atoms with Crippen LogP contribution in [-0.2, 0) is 12.4 Å². The summed E-state index contributed by atoms with van der Waals surface area (Å²) in [5.74, 6) is -12.8. The number of benzene rings is 3. The number of hydrogen-bond donors (Lipinski definition) is 0. The molecular weight excluding hydrogens is 611 g/mol. The van der Waals surface area contributed by atoms with E-state index in [1.807, 2.05) is 0 Å². The second kappa shape index (κ2) is 11.2. The maximum absolute atomic E-state index is 15.2. The SMILES string of the molecule is Fc1c(F)c(F)c(N(c2cccc(-c3cccc(C(F)(F)F)c3)n2)c2cccc(-c3cccc(C(F)(F)F)c3)n2)c(F)c1F. The number of anilines is 3. The van der Waals surface area contributed by atoms with Gasteiger partial charge in [0.15, 0.2) is 23.3 Å². The quantitative estimate of drug-likeness (QED) is 0.111. The van der Waals surface area contributed by atoms with Gasteiger partial charge in [0.05, 0.1) is 22.5 Å². The zero-order valence-electron chi connectivity index (χ0n) is 21.6. The molecule has 0 unspecified atom stereocenters. The maximum Gasteiger partial charge on any atom is 0.416 e. The Hall–Kier alpha value is -5.01. The third-order valence-electron chi connectivity index (χ3n) is 6.31. The Morgan fingerprint density at radius 3 is 1.20 bits per heavy atom. The number of nitrogens with zero attached hydrogens (tertiary/aromatic N) is 3.